The van der Waals surface area contributed by atoms with Crippen LogP contribution in [0, 0.1) is 0 Å². The fourth-order valence-corrected chi connectivity index (χ4v) is 20.7. The minimum absolute atomic E-state index is 0.144. The molecule has 0 atom stereocenters. The van der Waals surface area contributed by atoms with Crippen LogP contribution in [0.15, 0.2) is 444 Å². The summed E-state index contributed by atoms with van der Waals surface area (Å²) in [6.45, 7) is 0. The van der Waals surface area contributed by atoms with Crippen LogP contribution in [0.5, 0.6) is 0 Å². The molecule has 18 heteroatoms. The van der Waals surface area contributed by atoms with Gasteiger partial charge in [-0.2, -0.15) is 0 Å². The molecule has 0 aliphatic carbocycles. The average molecular weight is 1740 g/mol. The van der Waals surface area contributed by atoms with Crippen molar-refractivity contribution >= 4 is 196 Å². The van der Waals surface area contributed by atoms with Gasteiger partial charge in [-0.3, -0.25) is 41.8 Å². The molecule has 135 heavy (non-hydrogen) atoms. The van der Waals surface area contributed by atoms with Crippen molar-refractivity contribution in [1.82, 2.24) is 66.4 Å². The van der Waals surface area contributed by atoms with E-state index in [0.717, 1.165) is 176 Å². The number of rotatable bonds is 8. The van der Waals surface area contributed by atoms with Crippen molar-refractivity contribution in [3.05, 3.63) is 456 Å². The normalized spacial score (nSPS) is 11.9. The van der Waals surface area contributed by atoms with Gasteiger partial charge < -0.3 is 13.6 Å². The van der Waals surface area contributed by atoms with Crippen LogP contribution in [0.25, 0.3) is 243 Å². The van der Waals surface area contributed by atoms with Crippen molar-refractivity contribution in [1.29, 1.82) is 0 Å². The van der Waals surface area contributed by atoms with Gasteiger partial charge in [0, 0.05) is 134 Å². The first-order valence-electron chi connectivity index (χ1n) is 44.8. The lowest BCUT2D eigenvalue weighted by atomic mass is 10.1. The minimum Gasteiger partial charge on any atom is -0.456 e. The second-order valence-electron chi connectivity index (χ2n) is 33.9. The number of benzene rings is 17. The second kappa shape index (κ2) is 30.2. The predicted molar refractivity (Wildman–Crippen MR) is 547 cm³/mol. The summed E-state index contributed by atoms with van der Waals surface area (Å²) >= 11 is 0. The first kappa shape index (κ1) is 76.3. The number of hydrogen-bond donors (Lipinski definition) is 0. The summed E-state index contributed by atoms with van der Waals surface area (Å²) < 4.78 is 22.5. The standard InChI is InChI=1S/2C41H25N5O.C35H20N4O2/c47-40-33-25-42-41(43-39(33)30-19-9-12-22-36(30)45(40)27-15-5-2-6-16-27)46-35-21-11-8-18-29(35)32-23-37-31(24-38(32)46)28-17-7-10-20-34(28)44(37)26-13-3-1-4-14-26;47-40-33-25-42-41(43-39(33)30-19-9-12-22-36(30)45(40)27-15-5-2-6-16-27)46-35-21-11-8-18-29(35)32-23-31-28-17-7-10-20-34(28)44(37(31)24-38(32)46)26-13-3-1-4-14-26;40-34-27-20-36-35(37-33(27)24-14-5-8-16-29(24)38(34)21-10-2-1-3-11-21)39-28-15-7-4-12-22(28)25-18-26-23-13-6-9-17-31(23)41-32(26)19-30(25)39/h2*1-25H;1-20H. The lowest BCUT2D eigenvalue weighted by molar-refractivity contribution is 0.669. The Balaban J connectivity index is 0.000000103. The molecule has 632 valence electrons. The second-order valence-corrected chi connectivity index (χ2v) is 33.9. The number of furan rings is 1. The first-order chi connectivity index (χ1) is 66.8. The van der Waals surface area contributed by atoms with Crippen molar-refractivity contribution in [3.8, 4) is 46.3 Å². The van der Waals surface area contributed by atoms with E-state index in [1.54, 1.807) is 32.3 Å². The smallest absolute Gasteiger partial charge is 0.266 e. The van der Waals surface area contributed by atoms with E-state index in [4.69, 9.17) is 34.3 Å². The van der Waals surface area contributed by atoms with E-state index in [0.29, 0.717) is 50.6 Å². The van der Waals surface area contributed by atoms with Gasteiger partial charge in [0.15, 0.2) is 0 Å². The van der Waals surface area contributed by atoms with Gasteiger partial charge in [-0.05, 0) is 146 Å². The van der Waals surface area contributed by atoms with E-state index in [1.807, 2.05) is 218 Å². The van der Waals surface area contributed by atoms with Gasteiger partial charge in [0.1, 0.15) is 11.2 Å². The average Bonchev–Trinajstić information content (AvgIpc) is 1.53. The van der Waals surface area contributed by atoms with Crippen molar-refractivity contribution in [2.45, 2.75) is 0 Å². The van der Waals surface area contributed by atoms with E-state index in [2.05, 4.69) is 211 Å². The molecule has 0 aliphatic heterocycles. The molecule has 0 spiro atoms. The Hall–Kier alpha value is -18.8. The van der Waals surface area contributed by atoms with Gasteiger partial charge >= 0.3 is 0 Å². The van der Waals surface area contributed by atoms with Crippen LogP contribution in [0.2, 0.25) is 0 Å². The SMILES string of the molecule is O=c1c2cnc(-n3c4ccccc4c4cc5c(cc43)c3ccccc3n5-c3ccccc3)nc2c2ccccc2n1-c1ccccc1.O=c1c2cnc(-n3c4ccccc4c4cc5c(cc43)oc3ccccc35)nc2c2ccccc2n1-c1ccccc1.O=c1c2cnc(-n3c4ccccc4c4cc5c6ccccc6n(-c6ccccc6)c5cc43)nc2c2ccccc2n1-c1ccccc1. The third-order valence-corrected chi connectivity index (χ3v) is 26.6. The molecule has 12 aromatic heterocycles. The Morgan fingerprint density at radius 3 is 0.726 bits per heavy atom. The number of pyridine rings is 3. The maximum Gasteiger partial charge on any atom is 0.266 e. The maximum absolute atomic E-state index is 14.0. The molecule has 0 saturated heterocycles. The highest BCUT2D eigenvalue weighted by molar-refractivity contribution is 6.22. The van der Waals surface area contributed by atoms with Crippen LogP contribution in [-0.2, 0) is 0 Å². The van der Waals surface area contributed by atoms with Gasteiger partial charge in [-0.25, -0.2) is 29.9 Å². The zero-order chi connectivity index (χ0) is 89.2. The largest absolute Gasteiger partial charge is 0.456 e. The first-order valence-corrected chi connectivity index (χ1v) is 44.8. The summed E-state index contributed by atoms with van der Waals surface area (Å²) in [6.07, 6.45) is 5.03. The number of aromatic nitrogens is 14. The Morgan fingerprint density at radius 1 is 0.163 bits per heavy atom. The highest BCUT2D eigenvalue weighted by Gasteiger charge is 2.27. The molecule has 0 unspecified atom stereocenters. The van der Waals surface area contributed by atoms with E-state index in [-0.39, 0.29) is 16.7 Å². The molecule has 29 aromatic rings. The zero-order valence-electron chi connectivity index (χ0n) is 71.8. The Kier molecular flexibility index (Phi) is 17.0. The summed E-state index contributed by atoms with van der Waals surface area (Å²) in [4.78, 5) is 71.9. The maximum atomic E-state index is 14.0. The Morgan fingerprint density at radius 2 is 0.393 bits per heavy atom. The van der Waals surface area contributed by atoms with Crippen molar-refractivity contribution < 1.29 is 4.42 Å². The number of hydrogen-bond acceptors (Lipinski definition) is 10. The topological polar surface area (TPSA) is 181 Å². The van der Waals surface area contributed by atoms with Crippen LogP contribution >= 0.6 is 0 Å². The fourth-order valence-electron chi connectivity index (χ4n) is 20.7. The van der Waals surface area contributed by atoms with Gasteiger partial charge in [0.2, 0.25) is 17.8 Å². The van der Waals surface area contributed by atoms with Crippen LogP contribution in [0.4, 0.5) is 0 Å². The van der Waals surface area contributed by atoms with Crippen molar-refractivity contribution in [2.75, 3.05) is 0 Å². The van der Waals surface area contributed by atoms with E-state index in [9.17, 15) is 14.4 Å². The number of para-hydroxylation sites is 14. The van der Waals surface area contributed by atoms with E-state index >= 15 is 0 Å². The van der Waals surface area contributed by atoms with Gasteiger partial charge in [-0.15, -0.1) is 0 Å². The van der Waals surface area contributed by atoms with E-state index in [1.165, 1.54) is 16.2 Å². The van der Waals surface area contributed by atoms with Crippen LogP contribution in [0.3, 0.4) is 0 Å². The lowest BCUT2D eigenvalue weighted by Crippen LogP contribution is -2.20. The van der Waals surface area contributed by atoms with Crippen LogP contribution in [-0.4, -0.2) is 66.4 Å². The zero-order valence-corrected chi connectivity index (χ0v) is 71.8. The molecule has 29 rings (SSSR count). The fraction of sp³-hybridized carbons (Fsp3) is 0. The Bertz CT molecular complexity index is 10200. The van der Waals surface area contributed by atoms with Gasteiger partial charge in [0.25, 0.3) is 16.7 Å². The molecule has 0 aliphatic rings. The Labute approximate surface area is 764 Å². The molecular weight excluding hydrogens is 1670 g/mol. The van der Waals surface area contributed by atoms with Crippen LogP contribution < -0.4 is 16.7 Å². The monoisotopic (exact) mass is 1730 g/mol. The molecule has 0 radical (unpaired) electrons. The number of nitrogens with zero attached hydrogens (tertiary/aromatic N) is 14. The molecule has 0 fully saturated rings. The highest BCUT2D eigenvalue weighted by atomic mass is 16.3. The summed E-state index contributed by atoms with van der Waals surface area (Å²) in [6, 6.07) is 138. The molecule has 0 N–H and O–H groups in total. The molecule has 0 saturated carbocycles. The molecule has 12 heterocycles. The summed E-state index contributed by atoms with van der Waals surface area (Å²) in [5.74, 6) is 1.55. The number of fused-ring (bicyclic) bond motifs is 27. The van der Waals surface area contributed by atoms with Gasteiger partial charge in [0.05, 0.1) is 104 Å². The molecular formula is C117H70N14O4. The lowest BCUT2D eigenvalue weighted by Gasteiger charge is -2.14. The summed E-state index contributed by atoms with van der Waals surface area (Å²) in [5, 5.41) is 17.6. The quantitative estimate of drug-likeness (QED) is 0.133. The summed E-state index contributed by atoms with van der Waals surface area (Å²) in [7, 11) is 0. The molecule has 0 bridgehead atoms. The highest BCUT2D eigenvalue weighted by Crippen LogP contribution is 2.45. The van der Waals surface area contributed by atoms with E-state index < -0.39 is 0 Å². The predicted octanol–water partition coefficient (Wildman–Crippen LogP) is 26.2. The summed E-state index contributed by atoms with van der Waals surface area (Å²) in [5.41, 5.74) is 20.7. The van der Waals surface area contributed by atoms with Crippen molar-refractivity contribution in [2.24, 2.45) is 0 Å². The third-order valence-electron chi connectivity index (χ3n) is 26.6. The molecule has 17 aromatic carbocycles. The van der Waals surface area contributed by atoms with Crippen molar-refractivity contribution in [3.63, 3.8) is 0 Å². The van der Waals surface area contributed by atoms with Crippen LogP contribution in [0.1, 0.15) is 0 Å². The van der Waals surface area contributed by atoms with Gasteiger partial charge in [-0.1, -0.05) is 255 Å². The molecule has 18 nitrogen and oxygen atoms in total. The molecule has 0 amide bonds. The third kappa shape index (κ3) is 11.7. The minimum atomic E-state index is -0.150.